The lowest BCUT2D eigenvalue weighted by Gasteiger charge is -2.35. The van der Waals surface area contributed by atoms with E-state index < -0.39 is 0 Å². The summed E-state index contributed by atoms with van der Waals surface area (Å²) in [6.45, 7) is 3.10. The van der Waals surface area contributed by atoms with Crippen LogP contribution in [0.15, 0.2) is 24.4 Å². The molecule has 0 amide bonds. The van der Waals surface area contributed by atoms with Gasteiger partial charge in [-0.1, -0.05) is 12.5 Å². The van der Waals surface area contributed by atoms with Crippen molar-refractivity contribution in [1.82, 2.24) is 9.88 Å². The van der Waals surface area contributed by atoms with Crippen molar-refractivity contribution >= 4 is 0 Å². The molecule has 1 fully saturated rings. The molecule has 0 radical (unpaired) electrons. The van der Waals surface area contributed by atoms with Crippen LogP contribution in [0.5, 0.6) is 0 Å². The fraction of sp³-hybridized carbons (Fsp3) is 0.667. The first kappa shape index (κ1) is 13.5. The normalized spacial score (nSPS) is 21.1. The van der Waals surface area contributed by atoms with Crippen LogP contribution in [0.1, 0.15) is 37.8 Å². The first-order valence-electron chi connectivity index (χ1n) is 7.03. The van der Waals surface area contributed by atoms with E-state index in [-0.39, 0.29) is 0 Å². The zero-order valence-corrected chi connectivity index (χ0v) is 11.3. The van der Waals surface area contributed by atoms with Gasteiger partial charge in [0.1, 0.15) is 0 Å². The summed E-state index contributed by atoms with van der Waals surface area (Å²) in [4.78, 5) is 7.04. The Kier molecular flexibility index (Phi) is 5.62. The van der Waals surface area contributed by atoms with Gasteiger partial charge in [-0.25, -0.2) is 0 Å². The summed E-state index contributed by atoms with van der Waals surface area (Å²) in [5.41, 5.74) is 1.19. The minimum atomic E-state index is 0.718. The predicted molar refractivity (Wildman–Crippen MR) is 73.4 cm³/mol. The molecule has 0 N–H and O–H groups in total. The number of piperidine rings is 1. The molecular weight excluding hydrogens is 224 g/mol. The SMILES string of the molecule is COCCC[C@H]1CCCCN1Cc1ccccn1. The summed E-state index contributed by atoms with van der Waals surface area (Å²) >= 11 is 0. The van der Waals surface area contributed by atoms with Crippen molar-refractivity contribution in [2.24, 2.45) is 0 Å². The molecule has 1 aromatic heterocycles. The zero-order chi connectivity index (χ0) is 12.6. The second-order valence-electron chi connectivity index (χ2n) is 5.08. The number of likely N-dealkylation sites (tertiary alicyclic amines) is 1. The minimum absolute atomic E-state index is 0.718. The van der Waals surface area contributed by atoms with Gasteiger partial charge in [0.15, 0.2) is 0 Å². The van der Waals surface area contributed by atoms with Crippen LogP contribution in [0.2, 0.25) is 0 Å². The molecule has 1 saturated heterocycles. The summed E-state index contributed by atoms with van der Waals surface area (Å²) in [5, 5.41) is 0. The summed E-state index contributed by atoms with van der Waals surface area (Å²) in [5.74, 6) is 0. The van der Waals surface area contributed by atoms with E-state index in [9.17, 15) is 0 Å². The molecule has 1 aliphatic heterocycles. The molecule has 2 heterocycles. The van der Waals surface area contributed by atoms with Crippen molar-refractivity contribution in [3.8, 4) is 0 Å². The lowest BCUT2D eigenvalue weighted by molar-refractivity contribution is 0.115. The topological polar surface area (TPSA) is 25.4 Å². The van der Waals surface area contributed by atoms with Crippen LogP contribution in [-0.4, -0.2) is 36.2 Å². The fourth-order valence-electron chi connectivity index (χ4n) is 2.76. The third kappa shape index (κ3) is 4.07. The number of aromatic nitrogens is 1. The fourth-order valence-corrected chi connectivity index (χ4v) is 2.76. The van der Waals surface area contributed by atoms with Crippen LogP contribution >= 0.6 is 0 Å². The Labute approximate surface area is 110 Å². The van der Waals surface area contributed by atoms with E-state index in [1.807, 2.05) is 12.3 Å². The number of hydrogen-bond acceptors (Lipinski definition) is 3. The molecule has 0 aromatic carbocycles. The van der Waals surface area contributed by atoms with Crippen molar-refractivity contribution < 1.29 is 4.74 Å². The van der Waals surface area contributed by atoms with Gasteiger partial charge in [-0.05, 0) is 44.4 Å². The van der Waals surface area contributed by atoms with Crippen molar-refractivity contribution in [2.45, 2.75) is 44.7 Å². The quantitative estimate of drug-likeness (QED) is 0.724. The maximum absolute atomic E-state index is 5.16. The zero-order valence-electron chi connectivity index (χ0n) is 11.3. The number of methoxy groups -OCH3 is 1. The van der Waals surface area contributed by atoms with E-state index in [0.29, 0.717) is 0 Å². The molecule has 0 saturated carbocycles. The van der Waals surface area contributed by atoms with Crippen molar-refractivity contribution in [1.29, 1.82) is 0 Å². The highest BCUT2D eigenvalue weighted by atomic mass is 16.5. The maximum atomic E-state index is 5.16. The van der Waals surface area contributed by atoms with Gasteiger partial charge < -0.3 is 4.74 Å². The molecule has 18 heavy (non-hydrogen) atoms. The summed E-state index contributed by atoms with van der Waals surface area (Å²) < 4.78 is 5.16. The number of hydrogen-bond donors (Lipinski definition) is 0. The van der Waals surface area contributed by atoms with Crippen LogP contribution in [0.3, 0.4) is 0 Å². The van der Waals surface area contributed by atoms with E-state index in [1.54, 1.807) is 7.11 Å². The van der Waals surface area contributed by atoms with Crippen LogP contribution in [-0.2, 0) is 11.3 Å². The van der Waals surface area contributed by atoms with Crippen LogP contribution in [0, 0.1) is 0 Å². The third-order valence-electron chi connectivity index (χ3n) is 3.73. The summed E-state index contributed by atoms with van der Waals surface area (Å²) in [7, 11) is 1.78. The van der Waals surface area contributed by atoms with Crippen LogP contribution in [0.25, 0.3) is 0 Å². The second kappa shape index (κ2) is 7.49. The molecule has 2 rings (SSSR count). The van der Waals surface area contributed by atoms with Gasteiger partial charge in [0, 0.05) is 32.5 Å². The molecule has 3 nitrogen and oxygen atoms in total. The highest BCUT2D eigenvalue weighted by molar-refractivity contribution is 5.03. The Morgan fingerprint density at radius 1 is 1.39 bits per heavy atom. The monoisotopic (exact) mass is 248 g/mol. The van der Waals surface area contributed by atoms with E-state index in [4.69, 9.17) is 4.74 Å². The van der Waals surface area contributed by atoms with Crippen LogP contribution < -0.4 is 0 Å². The minimum Gasteiger partial charge on any atom is -0.385 e. The van der Waals surface area contributed by atoms with Gasteiger partial charge in [0.05, 0.1) is 5.69 Å². The van der Waals surface area contributed by atoms with E-state index in [2.05, 4.69) is 22.0 Å². The Bertz CT molecular complexity index is 329. The molecule has 0 spiro atoms. The third-order valence-corrected chi connectivity index (χ3v) is 3.73. The standard InChI is InChI=1S/C15H24N2O/c1-18-12-6-9-15-8-3-5-11-17(15)13-14-7-2-4-10-16-14/h2,4,7,10,15H,3,5-6,8-9,11-13H2,1H3/t15-/m1/s1. The number of nitrogens with zero attached hydrogens (tertiary/aromatic N) is 2. The Morgan fingerprint density at radius 2 is 2.33 bits per heavy atom. The van der Waals surface area contributed by atoms with Gasteiger partial charge in [-0.2, -0.15) is 0 Å². The largest absolute Gasteiger partial charge is 0.385 e. The van der Waals surface area contributed by atoms with Gasteiger partial charge in [0.2, 0.25) is 0 Å². The molecule has 1 aromatic rings. The molecule has 100 valence electrons. The van der Waals surface area contributed by atoms with Gasteiger partial charge in [-0.15, -0.1) is 0 Å². The van der Waals surface area contributed by atoms with Gasteiger partial charge >= 0.3 is 0 Å². The lowest BCUT2D eigenvalue weighted by Crippen LogP contribution is -2.39. The van der Waals surface area contributed by atoms with Crippen molar-refractivity contribution in [3.05, 3.63) is 30.1 Å². The van der Waals surface area contributed by atoms with E-state index in [0.717, 1.165) is 19.2 Å². The average Bonchev–Trinajstić information content (AvgIpc) is 2.42. The molecule has 3 heteroatoms. The second-order valence-corrected chi connectivity index (χ2v) is 5.08. The van der Waals surface area contributed by atoms with Crippen molar-refractivity contribution in [2.75, 3.05) is 20.3 Å². The Morgan fingerprint density at radius 3 is 3.11 bits per heavy atom. The number of ether oxygens (including phenoxy) is 1. The Hall–Kier alpha value is -0.930. The van der Waals surface area contributed by atoms with E-state index in [1.165, 1.54) is 44.3 Å². The van der Waals surface area contributed by atoms with Gasteiger partial charge in [0.25, 0.3) is 0 Å². The average molecular weight is 248 g/mol. The Balaban J connectivity index is 1.87. The first-order valence-corrected chi connectivity index (χ1v) is 7.03. The summed E-state index contributed by atoms with van der Waals surface area (Å²) in [6.07, 6.45) is 8.33. The smallest absolute Gasteiger partial charge is 0.0544 e. The molecule has 0 aliphatic carbocycles. The predicted octanol–water partition coefficient (Wildman–Crippen LogP) is 2.86. The lowest BCUT2D eigenvalue weighted by atomic mass is 9.98. The van der Waals surface area contributed by atoms with E-state index >= 15 is 0 Å². The highest BCUT2D eigenvalue weighted by Crippen LogP contribution is 2.22. The number of rotatable bonds is 6. The maximum Gasteiger partial charge on any atom is 0.0544 e. The number of pyridine rings is 1. The summed E-state index contributed by atoms with van der Waals surface area (Å²) in [6, 6.07) is 6.90. The molecule has 1 atom stereocenters. The molecule has 0 bridgehead atoms. The van der Waals surface area contributed by atoms with Crippen LogP contribution in [0.4, 0.5) is 0 Å². The first-order chi connectivity index (χ1) is 8.90. The van der Waals surface area contributed by atoms with Crippen molar-refractivity contribution in [3.63, 3.8) is 0 Å². The molecule has 1 aliphatic rings. The molecule has 0 unspecified atom stereocenters. The molecular formula is C15H24N2O. The highest BCUT2D eigenvalue weighted by Gasteiger charge is 2.22. The van der Waals surface area contributed by atoms with Gasteiger partial charge in [-0.3, -0.25) is 9.88 Å².